The average Bonchev–Trinajstić information content (AvgIpc) is 3.04. The Morgan fingerprint density at radius 2 is 2.10 bits per heavy atom. The molecule has 20 heavy (non-hydrogen) atoms. The average molecular weight is 282 g/mol. The van der Waals surface area contributed by atoms with Gasteiger partial charge in [0.1, 0.15) is 5.69 Å². The predicted octanol–water partition coefficient (Wildman–Crippen LogP) is 2.70. The molecule has 0 radical (unpaired) electrons. The van der Waals surface area contributed by atoms with Crippen LogP contribution in [0.4, 0.5) is 13.2 Å². The molecule has 104 valence electrons. The standard InChI is InChI=1S/C12H9F3N4O/c13-12(14,15)9-4-7-6(2-1-3-8(7)17-9)11-18-10(5-16)20-19-11/h1-4,17H,5,16H2. The number of rotatable bonds is 2. The van der Waals surface area contributed by atoms with Gasteiger partial charge in [-0.3, -0.25) is 0 Å². The Hall–Kier alpha value is -2.35. The molecule has 0 saturated carbocycles. The van der Waals surface area contributed by atoms with Crippen molar-refractivity contribution in [3.05, 3.63) is 35.9 Å². The highest BCUT2D eigenvalue weighted by Crippen LogP contribution is 2.34. The Labute approximate surface area is 110 Å². The van der Waals surface area contributed by atoms with Gasteiger partial charge in [0.05, 0.1) is 6.54 Å². The van der Waals surface area contributed by atoms with Crippen molar-refractivity contribution in [3.63, 3.8) is 0 Å². The molecule has 0 amide bonds. The van der Waals surface area contributed by atoms with E-state index in [2.05, 4.69) is 15.1 Å². The molecule has 0 unspecified atom stereocenters. The Balaban J connectivity index is 2.18. The van der Waals surface area contributed by atoms with Crippen LogP contribution in [0, 0.1) is 0 Å². The molecule has 1 aromatic carbocycles. The van der Waals surface area contributed by atoms with Crippen molar-refractivity contribution < 1.29 is 17.7 Å². The summed E-state index contributed by atoms with van der Waals surface area (Å²) in [6, 6.07) is 5.83. The van der Waals surface area contributed by atoms with Crippen LogP contribution in [0.5, 0.6) is 0 Å². The number of nitrogens with two attached hydrogens (primary N) is 1. The highest BCUT2D eigenvalue weighted by molar-refractivity contribution is 5.94. The number of nitrogens with zero attached hydrogens (tertiary/aromatic N) is 2. The quantitative estimate of drug-likeness (QED) is 0.757. The van der Waals surface area contributed by atoms with E-state index in [4.69, 9.17) is 10.3 Å². The number of aromatic nitrogens is 3. The molecule has 0 bridgehead atoms. The lowest BCUT2D eigenvalue weighted by Gasteiger charge is -2.00. The second-order valence-electron chi connectivity index (χ2n) is 4.16. The number of aromatic amines is 1. The van der Waals surface area contributed by atoms with E-state index < -0.39 is 11.9 Å². The van der Waals surface area contributed by atoms with Crippen molar-refractivity contribution >= 4 is 10.9 Å². The van der Waals surface area contributed by atoms with Crippen LogP contribution >= 0.6 is 0 Å². The summed E-state index contributed by atoms with van der Waals surface area (Å²) >= 11 is 0. The van der Waals surface area contributed by atoms with Gasteiger partial charge in [-0.1, -0.05) is 17.3 Å². The summed E-state index contributed by atoms with van der Waals surface area (Å²) in [5.41, 5.74) is 5.36. The predicted molar refractivity (Wildman–Crippen MR) is 64.5 cm³/mol. The molecule has 0 aliphatic rings. The molecule has 0 aliphatic carbocycles. The van der Waals surface area contributed by atoms with E-state index in [1.807, 2.05) is 0 Å². The SMILES string of the molecule is NCc1nc(-c2cccc3[nH]c(C(F)(F)F)cc23)no1. The number of benzene rings is 1. The summed E-state index contributed by atoms with van der Waals surface area (Å²) < 4.78 is 43.0. The van der Waals surface area contributed by atoms with Gasteiger partial charge < -0.3 is 15.2 Å². The maximum Gasteiger partial charge on any atom is 0.431 e. The summed E-state index contributed by atoms with van der Waals surface area (Å²) in [4.78, 5) is 6.35. The Morgan fingerprint density at radius 1 is 1.30 bits per heavy atom. The third kappa shape index (κ3) is 2.03. The van der Waals surface area contributed by atoms with Gasteiger partial charge in [-0.25, -0.2) is 0 Å². The Bertz CT molecular complexity index is 759. The Morgan fingerprint density at radius 3 is 2.75 bits per heavy atom. The number of halogens is 3. The highest BCUT2D eigenvalue weighted by Gasteiger charge is 2.33. The minimum Gasteiger partial charge on any atom is -0.351 e. The van der Waals surface area contributed by atoms with Crippen LogP contribution in [-0.4, -0.2) is 15.1 Å². The van der Waals surface area contributed by atoms with Crippen LogP contribution in [0.1, 0.15) is 11.6 Å². The first-order valence-electron chi connectivity index (χ1n) is 5.71. The molecule has 5 nitrogen and oxygen atoms in total. The van der Waals surface area contributed by atoms with Gasteiger partial charge in [0.15, 0.2) is 0 Å². The van der Waals surface area contributed by atoms with Gasteiger partial charge in [-0.05, 0) is 12.1 Å². The van der Waals surface area contributed by atoms with Gasteiger partial charge in [0, 0.05) is 16.5 Å². The molecule has 0 atom stereocenters. The van der Waals surface area contributed by atoms with Gasteiger partial charge in [0.25, 0.3) is 0 Å². The molecule has 2 aromatic heterocycles. The van der Waals surface area contributed by atoms with Gasteiger partial charge in [-0.15, -0.1) is 0 Å². The van der Waals surface area contributed by atoms with Crippen molar-refractivity contribution in [1.29, 1.82) is 0 Å². The summed E-state index contributed by atoms with van der Waals surface area (Å²) in [6.45, 7) is 0.0733. The first kappa shape index (κ1) is 12.7. The lowest BCUT2D eigenvalue weighted by Crippen LogP contribution is -2.04. The van der Waals surface area contributed by atoms with Crippen LogP contribution in [0.15, 0.2) is 28.8 Å². The van der Waals surface area contributed by atoms with E-state index in [0.29, 0.717) is 16.5 Å². The molecule has 3 aromatic rings. The molecule has 0 aliphatic heterocycles. The van der Waals surface area contributed by atoms with Crippen LogP contribution in [0.3, 0.4) is 0 Å². The zero-order chi connectivity index (χ0) is 14.3. The molecule has 0 saturated heterocycles. The molecular formula is C12H9F3N4O. The van der Waals surface area contributed by atoms with Gasteiger partial charge >= 0.3 is 6.18 Å². The molecule has 3 rings (SSSR count). The largest absolute Gasteiger partial charge is 0.431 e. The van der Waals surface area contributed by atoms with Crippen molar-refractivity contribution in [2.24, 2.45) is 5.73 Å². The second kappa shape index (κ2) is 4.34. The van der Waals surface area contributed by atoms with E-state index in [9.17, 15) is 13.2 Å². The lowest BCUT2D eigenvalue weighted by molar-refractivity contribution is -0.140. The fraction of sp³-hybridized carbons (Fsp3) is 0.167. The molecule has 8 heteroatoms. The van der Waals surface area contributed by atoms with Gasteiger partial charge in [-0.2, -0.15) is 18.2 Å². The summed E-state index contributed by atoms with van der Waals surface area (Å²) in [7, 11) is 0. The number of H-pyrrole nitrogens is 1. The smallest absolute Gasteiger partial charge is 0.351 e. The van der Waals surface area contributed by atoms with E-state index >= 15 is 0 Å². The van der Waals surface area contributed by atoms with E-state index in [0.717, 1.165) is 6.07 Å². The van der Waals surface area contributed by atoms with Crippen LogP contribution in [0.2, 0.25) is 0 Å². The molecule has 0 spiro atoms. The number of alkyl halides is 3. The highest BCUT2D eigenvalue weighted by atomic mass is 19.4. The van der Waals surface area contributed by atoms with Crippen molar-refractivity contribution in [2.75, 3.05) is 0 Å². The van der Waals surface area contributed by atoms with Crippen molar-refractivity contribution in [1.82, 2.24) is 15.1 Å². The first-order valence-corrected chi connectivity index (χ1v) is 5.71. The van der Waals surface area contributed by atoms with E-state index in [-0.39, 0.29) is 18.3 Å². The van der Waals surface area contributed by atoms with Crippen LogP contribution in [0.25, 0.3) is 22.3 Å². The number of hydrogen-bond acceptors (Lipinski definition) is 4. The maximum atomic E-state index is 12.7. The number of nitrogens with one attached hydrogen (secondary N) is 1. The van der Waals surface area contributed by atoms with Crippen molar-refractivity contribution in [3.8, 4) is 11.4 Å². The topological polar surface area (TPSA) is 80.7 Å². The lowest BCUT2D eigenvalue weighted by atomic mass is 10.1. The zero-order valence-corrected chi connectivity index (χ0v) is 10.0. The van der Waals surface area contributed by atoms with Crippen LogP contribution in [-0.2, 0) is 12.7 Å². The minimum absolute atomic E-state index is 0.0733. The number of hydrogen-bond donors (Lipinski definition) is 2. The fourth-order valence-corrected chi connectivity index (χ4v) is 1.95. The second-order valence-corrected chi connectivity index (χ2v) is 4.16. The summed E-state index contributed by atoms with van der Waals surface area (Å²) in [5, 5.41) is 4.10. The Kier molecular flexibility index (Phi) is 2.75. The van der Waals surface area contributed by atoms with Crippen molar-refractivity contribution in [2.45, 2.75) is 12.7 Å². The maximum absolute atomic E-state index is 12.7. The third-order valence-electron chi connectivity index (χ3n) is 2.85. The normalized spacial score (nSPS) is 12.2. The molecular weight excluding hydrogens is 273 g/mol. The minimum atomic E-state index is -4.43. The fourth-order valence-electron chi connectivity index (χ4n) is 1.95. The third-order valence-corrected chi connectivity index (χ3v) is 2.85. The molecule has 3 N–H and O–H groups in total. The van der Waals surface area contributed by atoms with E-state index in [1.54, 1.807) is 18.2 Å². The molecule has 0 fully saturated rings. The monoisotopic (exact) mass is 282 g/mol. The van der Waals surface area contributed by atoms with Gasteiger partial charge in [0.2, 0.25) is 11.7 Å². The number of fused-ring (bicyclic) bond motifs is 1. The first-order chi connectivity index (χ1) is 9.49. The molecule has 2 heterocycles. The zero-order valence-electron chi connectivity index (χ0n) is 10.0. The van der Waals surface area contributed by atoms with Crippen LogP contribution < -0.4 is 5.73 Å². The summed E-state index contributed by atoms with van der Waals surface area (Å²) in [5.74, 6) is 0.437. The summed E-state index contributed by atoms with van der Waals surface area (Å²) in [6.07, 6.45) is -4.43. The van der Waals surface area contributed by atoms with E-state index in [1.165, 1.54) is 0 Å².